The maximum absolute atomic E-state index is 12.7. The molecule has 1 spiro atoms. The number of hydrogen-bond donors (Lipinski definition) is 2. The minimum Gasteiger partial charge on any atom is -0.342 e. The Morgan fingerprint density at radius 2 is 1.81 bits per heavy atom. The van der Waals surface area contributed by atoms with Crippen LogP contribution in [0.1, 0.15) is 49.8 Å². The van der Waals surface area contributed by atoms with Crippen molar-refractivity contribution in [2.75, 3.05) is 19.6 Å². The van der Waals surface area contributed by atoms with Gasteiger partial charge in [0.25, 0.3) is 5.56 Å². The molecule has 8 nitrogen and oxygen atoms in total. The Bertz CT molecular complexity index is 874. The number of amides is 2. The lowest BCUT2D eigenvalue weighted by molar-refractivity contribution is -0.142. The molecule has 4 rings (SSSR count). The van der Waals surface area contributed by atoms with Crippen molar-refractivity contribution in [3.05, 3.63) is 32.1 Å². The van der Waals surface area contributed by atoms with Gasteiger partial charge in [-0.3, -0.25) is 19.4 Å². The number of nitrogens with zero attached hydrogens (tertiary/aromatic N) is 2. The Labute approximate surface area is 156 Å². The summed E-state index contributed by atoms with van der Waals surface area (Å²) < 4.78 is 0. The molecule has 1 saturated carbocycles. The molecule has 1 aromatic rings. The van der Waals surface area contributed by atoms with Gasteiger partial charge in [-0.05, 0) is 44.4 Å². The number of aromatic amines is 2. The maximum Gasteiger partial charge on any atom is 0.325 e. The van der Waals surface area contributed by atoms with E-state index in [1.54, 1.807) is 6.92 Å². The quantitative estimate of drug-likeness (QED) is 0.794. The predicted octanol–water partition coefficient (Wildman–Crippen LogP) is 0.308. The minimum absolute atomic E-state index is 0.00235. The normalized spacial score (nSPS) is 22.3. The van der Waals surface area contributed by atoms with Crippen LogP contribution in [0.15, 0.2) is 9.59 Å². The number of carbonyl (C=O) groups excluding carboxylic acids is 2. The van der Waals surface area contributed by atoms with Crippen LogP contribution in [0.2, 0.25) is 0 Å². The van der Waals surface area contributed by atoms with Gasteiger partial charge < -0.3 is 14.8 Å². The van der Waals surface area contributed by atoms with Crippen LogP contribution in [0.25, 0.3) is 0 Å². The van der Waals surface area contributed by atoms with E-state index in [9.17, 15) is 19.2 Å². The van der Waals surface area contributed by atoms with Crippen LogP contribution >= 0.6 is 0 Å². The molecule has 2 amide bonds. The third kappa shape index (κ3) is 3.57. The van der Waals surface area contributed by atoms with Gasteiger partial charge in [-0.2, -0.15) is 0 Å². The van der Waals surface area contributed by atoms with Gasteiger partial charge in [-0.15, -0.1) is 0 Å². The van der Waals surface area contributed by atoms with E-state index in [0.717, 1.165) is 38.6 Å². The van der Waals surface area contributed by atoms with Gasteiger partial charge in [-0.25, -0.2) is 4.79 Å². The van der Waals surface area contributed by atoms with Crippen molar-refractivity contribution < 1.29 is 9.59 Å². The van der Waals surface area contributed by atoms with Gasteiger partial charge in [0.05, 0.1) is 6.42 Å². The van der Waals surface area contributed by atoms with Crippen molar-refractivity contribution in [1.29, 1.82) is 0 Å². The van der Waals surface area contributed by atoms with E-state index < -0.39 is 11.2 Å². The van der Waals surface area contributed by atoms with E-state index in [0.29, 0.717) is 36.8 Å². The minimum atomic E-state index is -0.555. The zero-order chi connectivity index (χ0) is 19.2. The van der Waals surface area contributed by atoms with Gasteiger partial charge in [0.2, 0.25) is 11.8 Å². The average molecular weight is 374 g/mol. The van der Waals surface area contributed by atoms with Gasteiger partial charge in [0.15, 0.2) is 0 Å². The van der Waals surface area contributed by atoms with Crippen molar-refractivity contribution in [2.24, 2.45) is 5.41 Å². The smallest absolute Gasteiger partial charge is 0.325 e. The van der Waals surface area contributed by atoms with E-state index in [-0.39, 0.29) is 23.7 Å². The highest BCUT2D eigenvalue weighted by Gasteiger charge is 2.45. The summed E-state index contributed by atoms with van der Waals surface area (Å²) in [6, 6.07) is 0.448. The maximum atomic E-state index is 12.7. The van der Waals surface area contributed by atoms with Crippen LogP contribution in [0.4, 0.5) is 0 Å². The number of likely N-dealkylation sites (tertiary alicyclic amines) is 2. The lowest BCUT2D eigenvalue weighted by atomic mass is 9.72. The van der Waals surface area contributed by atoms with Crippen LogP contribution in [0.3, 0.4) is 0 Å². The molecule has 0 aromatic carbocycles. The Morgan fingerprint density at radius 3 is 2.44 bits per heavy atom. The molecule has 2 aliphatic heterocycles. The highest BCUT2D eigenvalue weighted by molar-refractivity contribution is 5.79. The number of aromatic nitrogens is 2. The van der Waals surface area contributed by atoms with Crippen molar-refractivity contribution >= 4 is 11.8 Å². The summed E-state index contributed by atoms with van der Waals surface area (Å²) in [5.74, 6) is 0.200. The molecule has 3 aliphatic rings. The monoisotopic (exact) mass is 374 g/mol. The van der Waals surface area contributed by atoms with Crippen LogP contribution < -0.4 is 11.2 Å². The second-order valence-electron chi connectivity index (χ2n) is 8.32. The first-order valence-corrected chi connectivity index (χ1v) is 9.76. The standard InChI is InChI=1S/C19H26N4O4/c1-12-14(17(26)21-18(27)20-12)10-16(25)22-8-6-19(7-9-22)5-4-15(24)23(11-19)13-2-3-13/h13H,2-11H2,1H3,(H2,20,21,26,27). The third-order valence-corrected chi connectivity index (χ3v) is 6.44. The van der Waals surface area contributed by atoms with E-state index in [1.165, 1.54) is 0 Å². The van der Waals surface area contributed by atoms with Crippen LogP contribution in [-0.4, -0.2) is 57.3 Å². The summed E-state index contributed by atoms with van der Waals surface area (Å²) in [7, 11) is 0. The van der Waals surface area contributed by atoms with Crippen LogP contribution in [0.5, 0.6) is 0 Å². The predicted molar refractivity (Wildman–Crippen MR) is 98.3 cm³/mol. The van der Waals surface area contributed by atoms with Crippen molar-refractivity contribution in [3.63, 3.8) is 0 Å². The fourth-order valence-corrected chi connectivity index (χ4v) is 4.50. The SMILES string of the molecule is Cc1[nH]c(=O)[nH]c(=O)c1CC(=O)N1CCC2(CCC(=O)N(C3CC3)C2)CC1. The van der Waals surface area contributed by atoms with Gasteiger partial charge in [0.1, 0.15) is 0 Å². The first-order valence-electron chi connectivity index (χ1n) is 9.76. The Morgan fingerprint density at radius 1 is 1.11 bits per heavy atom. The second kappa shape index (κ2) is 6.65. The Kier molecular flexibility index (Phi) is 4.44. The number of aryl methyl sites for hydroxylation is 1. The molecular formula is C19H26N4O4. The number of carbonyl (C=O) groups is 2. The number of piperidine rings is 2. The summed E-state index contributed by atoms with van der Waals surface area (Å²) in [4.78, 5) is 56.7. The molecule has 1 aliphatic carbocycles. The number of nitrogens with one attached hydrogen (secondary N) is 2. The van der Waals surface area contributed by atoms with Crippen molar-refractivity contribution in [2.45, 2.75) is 57.9 Å². The van der Waals surface area contributed by atoms with Gasteiger partial charge in [0, 0.05) is 43.4 Å². The molecule has 3 fully saturated rings. The zero-order valence-electron chi connectivity index (χ0n) is 15.7. The number of hydrogen-bond acceptors (Lipinski definition) is 4. The largest absolute Gasteiger partial charge is 0.342 e. The second-order valence-corrected chi connectivity index (χ2v) is 8.32. The van der Waals surface area contributed by atoms with E-state index >= 15 is 0 Å². The highest BCUT2D eigenvalue weighted by Crippen LogP contribution is 2.43. The first-order chi connectivity index (χ1) is 12.9. The van der Waals surface area contributed by atoms with Gasteiger partial charge >= 0.3 is 5.69 Å². The zero-order valence-corrected chi connectivity index (χ0v) is 15.7. The van der Waals surface area contributed by atoms with Gasteiger partial charge in [-0.1, -0.05) is 0 Å². The number of H-pyrrole nitrogens is 2. The molecule has 3 heterocycles. The molecule has 2 N–H and O–H groups in total. The third-order valence-electron chi connectivity index (χ3n) is 6.44. The summed E-state index contributed by atoms with van der Waals surface area (Å²) in [6.45, 7) is 3.78. The van der Waals surface area contributed by atoms with E-state index in [2.05, 4.69) is 14.9 Å². The summed E-state index contributed by atoms with van der Waals surface area (Å²) >= 11 is 0. The van der Waals surface area contributed by atoms with Crippen LogP contribution in [-0.2, 0) is 16.0 Å². The lowest BCUT2D eigenvalue weighted by Gasteiger charge is -2.47. The van der Waals surface area contributed by atoms with Crippen molar-refractivity contribution in [1.82, 2.24) is 19.8 Å². The van der Waals surface area contributed by atoms with E-state index in [1.807, 2.05) is 4.90 Å². The number of rotatable bonds is 3. The molecule has 146 valence electrons. The Balaban J connectivity index is 1.39. The van der Waals surface area contributed by atoms with Crippen molar-refractivity contribution in [3.8, 4) is 0 Å². The highest BCUT2D eigenvalue weighted by atomic mass is 16.2. The molecule has 2 saturated heterocycles. The molecule has 0 atom stereocenters. The molecular weight excluding hydrogens is 348 g/mol. The fraction of sp³-hybridized carbons (Fsp3) is 0.684. The molecule has 0 unspecified atom stereocenters. The molecule has 0 bridgehead atoms. The Hall–Kier alpha value is -2.38. The summed E-state index contributed by atoms with van der Waals surface area (Å²) in [5.41, 5.74) is -0.150. The lowest BCUT2D eigenvalue weighted by Crippen LogP contribution is -2.53. The van der Waals surface area contributed by atoms with E-state index in [4.69, 9.17) is 0 Å². The first kappa shape index (κ1) is 18.0. The molecule has 1 aromatic heterocycles. The molecule has 8 heteroatoms. The summed E-state index contributed by atoms with van der Waals surface area (Å²) in [5, 5.41) is 0. The molecule has 27 heavy (non-hydrogen) atoms. The average Bonchev–Trinajstić information content (AvgIpc) is 3.46. The topological polar surface area (TPSA) is 106 Å². The fourth-order valence-electron chi connectivity index (χ4n) is 4.50. The van der Waals surface area contributed by atoms with Crippen LogP contribution in [0, 0.1) is 12.3 Å². The summed E-state index contributed by atoms with van der Waals surface area (Å²) in [6.07, 6.45) is 5.58. The molecule has 0 radical (unpaired) electrons.